The van der Waals surface area contributed by atoms with Gasteiger partial charge in [-0.05, 0) is 67.9 Å². The summed E-state index contributed by atoms with van der Waals surface area (Å²) in [6.45, 7) is 7.46. The molecule has 0 radical (unpaired) electrons. The number of carbonyl (C=O) groups is 3. The number of primary amides is 2. The fraction of sp³-hybridized carbons (Fsp3) is 0.467. The number of aliphatic carboxylic acids is 1. The standard InChI is InChI=1S/C30H37N3O4/c1-19-29(2,3)24-17-21-20-9-6-7-10-22(20)30(14-12-26(31)34,15-13-27(32)35)23(21)18-25(24)33(19)16-8-4-5-11-28(36)37/h6-7,9-10,17-18H,4-5,8,11-16H2,1-3H3,(H4-,31,32,34,35,36,37)/p+1. The van der Waals surface area contributed by atoms with E-state index >= 15 is 0 Å². The van der Waals surface area contributed by atoms with Crippen molar-refractivity contribution in [2.75, 3.05) is 6.54 Å². The molecule has 2 aromatic carbocycles. The van der Waals surface area contributed by atoms with Crippen LogP contribution in [0.3, 0.4) is 0 Å². The monoisotopic (exact) mass is 504 g/mol. The molecule has 4 rings (SSSR count). The number of carboxylic acid groups (broad SMARTS) is 1. The summed E-state index contributed by atoms with van der Waals surface area (Å²) in [5, 5.41) is 8.96. The van der Waals surface area contributed by atoms with Crippen molar-refractivity contribution in [1.82, 2.24) is 0 Å². The number of rotatable bonds is 12. The summed E-state index contributed by atoms with van der Waals surface area (Å²) in [7, 11) is 0. The van der Waals surface area contributed by atoms with Crippen LogP contribution in [0.15, 0.2) is 36.4 Å². The minimum absolute atomic E-state index is 0.161. The van der Waals surface area contributed by atoms with E-state index in [-0.39, 0.29) is 36.5 Å². The second-order valence-electron chi connectivity index (χ2n) is 11.0. The van der Waals surface area contributed by atoms with Gasteiger partial charge < -0.3 is 16.6 Å². The first kappa shape index (κ1) is 26.6. The van der Waals surface area contributed by atoms with Crippen molar-refractivity contribution in [3.05, 3.63) is 53.1 Å². The van der Waals surface area contributed by atoms with Crippen molar-refractivity contribution in [1.29, 1.82) is 0 Å². The number of carboxylic acids is 1. The Balaban J connectivity index is 1.82. The zero-order chi connectivity index (χ0) is 27.0. The zero-order valence-electron chi connectivity index (χ0n) is 22.1. The molecule has 2 amide bonds. The molecule has 0 saturated carbocycles. The molecule has 0 aromatic heterocycles. The van der Waals surface area contributed by atoms with E-state index in [1.807, 2.05) is 12.1 Å². The third kappa shape index (κ3) is 4.79. The van der Waals surface area contributed by atoms with Crippen molar-refractivity contribution in [2.45, 2.75) is 83.0 Å². The van der Waals surface area contributed by atoms with Gasteiger partial charge in [-0.25, -0.2) is 0 Å². The van der Waals surface area contributed by atoms with Crippen LogP contribution >= 0.6 is 0 Å². The number of hydrogen-bond acceptors (Lipinski definition) is 3. The second kappa shape index (κ2) is 10.1. The predicted molar refractivity (Wildman–Crippen MR) is 144 cm³/mol. The van der Waals surface area contributed by atoms with Crippen LogP contribution in [-0.4, -0.2) is 39.7 Å². The van der Waals surface area contributed by atoms with E-state index in [9.17, 15) is 14.4 Å². The summed E-state index contributed by atoms with van der Waals surface area (Å²) >= 11 is 0. The molecule has 196 valence electrons. The second-order valence-corrected chi connectivity index (χ2v) is 11.0. The average Bonchev–Trinajstić information content (AvgIpc) is 3.21. The van der Waals surface area contributed by atoms with Crippen molar-refractivity contribution < 1.29 is 24.1 Å². The molecule has 0 spiro atoms. The molecule has 0 saturated heterocycles. The van der Waals surface area contributed by atoms with E-state index in [1.54, 1.807) is 0 Å². The zero-order valence-corrected chi connectivity index (χ0v) is 22.1. The van der Waals surface area contributed by atoms with Crippen LogP contribution in [0.1, 0.15) is 88.8 Å². The van der Waals surface area contributed by atoms with Crippen LogP contribution in [0, 0.1) is 0 Å². The largest absolute Gasteiger partial charge is 0.481 e. The highest BCUT2D eigenvalue weighted by Gasteiger charge is 2.48. The number of unbranched alkanes of at least 4 members (excludes halogenated alkanes) is 2. The Hall–Kier alpha value is -3.48. The van der Waals surface area contributed by atoms with Gasteiger partial charge >= 0.3 is 5.97 Å². The van der Waals surface area contributed by atoms with Gasteiger partial charge in [0, 0.05) is 49.7 Å². The molecule has 1 aliphatic carbocycles. The number of hydrogen-bond donors (Lipinski definition) is 3. The fourth-order valence-electron chi connectivity index (χ4n) is 6.27. The summed E-state index contributed by atoms with van der Waals surface area (Å²) in [5.74, 6) is -1.48. The summed E-state index contributed by atoms with van der Waals surface area (Å²) in [6.07, 6.45) is 4.07. The molecule has 0 bridgehead atoms. The van der Waals surface area contributed by atoms with Gasteiger partial charge in [0.1, 0.15) is 6.54 Å². The highest BCUT2D eigenvalue weighted by atomic mass is 16.4. The van der Waals surface area contributed by atoms with Gasteiger partial charge in [0.05, 0.1) is 5.41 Å². The lowest BCUT2D eigenvalue weighted by Crippen LogP contribution is -2.30. The van der Waals surface area contributed by atoms with E-state index in [4.69, 9.17) is 16.6 Å². The molecular weight excluding hydrogens is 466 g/mol. The van der Waals surface area contributed by atoms with E-state index < -0.39 is 11.4 Å². The molecule has 0 fully saturated rings. The lowest BCUT2D eigenvalue weighted by Gasteiger charge is -2.32. The fourth-order valence-corrected chi connectivity index (χ4v) is 6.27. The third-order valence-corrected chi connectivity index (χ3v) is 8.53. The highest BCUT2D eigenvalue weighted by Crippen LogP contribution is 2.56. The van der Waals surface area contributed by atoms with Crippen molar-refractivity contribution in [3.63, 3.8) is 0 Å². The number of fused-ring (bicyclic) bond motifs is 4. The molecule has 2 aliphatic rings. The molecule has 7 nitrogen and oxygen atoms in total. The van der Waals surface area contributed by atoms with Crippen molar-refractivity contribution in [2.24, 2.45) is 11.5 Å². The summed E-state index contributed by atoms with van der Waals surface area (Å²) in [6, 6.07) is 12.8. The normalized spacial score (nSPS) is 16.3. The molecule has 2 aromatic rings. The smallest absolute Gasteiger partial charge is 0.303 e. The Kier molecular flexibility index (Phi) is 7.27. The van der Waals surface area contributed by atoms with E-state index in [2.05, 4.69) is 49.6 Å². The maximum absolute atomic E-state index is 11.9. The summed E-state index contributed by atoms with van der Waals surface area (Å²) < 4.78 is 2.37. The number of nitrogens with zero attached hydrogens (tertiary/aromatic N) is 1. The molecule has 7 heteroatoms. The molecular formula is C30H38N3O4+. The minimum atomic E-state index is -0.756. The maximum atomic E-state index is 11.9. The van der Waals surface area contributed by atoms with Crippen LogP contribution < -0.4 is 11.5 Å². The first-order valence-electron chi connectivity index (χ1n) is 13.2. The minimum Gasteiger partial charge on any atom is -0.481 e. The first-order valence-corrected chi connectivity index (χ1v) is 13.2. The van der Waals surface area contributed by atoms with Crippen LogP contribution in [0.2, 0.25) is 0 Å². The van der Waals surface area contributed by atoms with Gasteiger partial charge in [-0.3, -0.25) is 14.4 Å². The Labute approximate surface area is 218 Å². The first-order chi connectivity index (χ1) is 17.5. The lowest BCUT2D eigenvalue weighted by molar-refractivity contribution is -0.439. The van der Waals surface area contributed by atoms with Crippen LogP contribution in [-0.2, 0) is 25.2 Å². The Bertz CT molecular complexity index is 1270. The molecule has 5 N–H and O–H groups in total. The van der Waals surface area contributed by atoms with Crippen LogP contribution in [0.4, 0.5) is 5.69 Å². The Morgan fingerprint density at radius 1 is 0.838 bits per heavy atom. The van der Waals surface area contributed by atoms with Crippen LogP contribution in [0.5, 0.6) is 0 Å². The maximum Gasteiger partial charge on any atom is 0.303 e. The molecule has 37 heavy (non-hydrogen) atoms. The van der Waals surface area contributed by atoms with Gasteiger partial charge in [0.2, 0.25) is 17.5 Å². The van der Waals surface area contributed by atoms with Crippen LogP contribution in [0.25, 0.3) is 11.1 Å². The highest BCUT2D eigenvalue weighted by molar-refractivity contribution is 5.95. The topological polar surface area (TPSA) is 126 Å². The van der Waals surface area contributed by atoms with Crippen molar-refractivity contribution >= 4 is 29.2 Å². The SMILES string of the molecule is CC1=[N+](CCCCCC(=O)O)c2cc3c(cc2C1(C)C)-c1ccccc1C3(CCC(N)=O)CCC(N)=O. The van der Waals surface area contributed by atoms with Gasteiger partial charge in [0.25, 0.3) is 0 Å². The Morgan fingerprint density at radius 3 is 2.11 bits per heavy atom. The van der Waals surface area contributed by atoms with Gasteiger partial charge in [-0.15, -0.1) is 0 Å². The Morgan fingerprint density at radius 2 is 1.49 bits per heavy atom. The molecule has 0 atom stereocenters. The number of amides is 2. The lowest BCUT2D eigenvalue weighted by atomic mass is 9.70. The number of nitrogens with two attached hydrogens (primary N) is 2. The number of carbonyl (C=O) groups excluding carboxylic acids is 2. The summed E-state index contributed by atoms with van der Waals surface area (Å²) in [5.41, 5.74) is 18.7. The van der Waals surface area contributed by atoms with E-state index in [0.29, 0.717) is 19.3 Å². The average molecular weight is 505 g/mol. The van der Waals surface area contributed by atoms with Gasteiger partial charge in [-0.1, -0.05) is 24.3 Å². The van der Waals surface area contributed by atoms with Gasteiger partial charge in [-0.2, -0.15) is 4.58 Å². The third-order valence-electron chi connectivity index (χ3n) is 8.53. The molecule has 0 unspecified atom stereocenters. The summed E-state index contributed by atoms with van der Waals surface area (Å²) in [4.78, 5) is 34.7. The van der Waals surface area contributed by atoms with E-state index in [1.165, 1.54) is 11.3 Å². The van der Waals surface area contributed by atoms with Crippen molar-refractivity contribution in [3.8, 4) is 11.1 Å². The molecule has 1 aliphatic heterocycles. The number of benzene rings is 2. The van der Waals surface area contributed by atoms with Gasteiger partial charge in [0.15, 0.2) is 5.71 Å². The predicted octanol–water partition coefficient (Wildman–Crippen LogP) is 4.53. The van der Waals surface area contributed by atoms with E-state index in [0.717, 1.165) is 47.3 Å². The molecule has 1 heterocycles. The quantitative estimate of drug-likeness (QED) is 0.290.